The van der Waals surface area contributed by atoms with Crippen LogP contribution in [0.3, 0.4) is 0 Å². The molecule has 0 atom stereocenters. The molecule has 8 nitrogen and oxygen atoms in total. The van der Waals surface area contributed by atoms with Crippen molar-refractivity contribution < 1.29 is 14.6 Å². The van der Waals surface area contributed by atoms with Gasteiger partial charge in [-0.3, -0.25) is 19.2 Å². The van der Waals surface area contributed by atoms with E-state index in [1.807, 2.05) is 56.3 Å². The van der Waals surface area contributed by atoms with Crippen molar-refractivity contribution in [2.75, 3.05) is 18.5 Å². The smallest absolute Gasteiger partial charge is 0.411 e. The van der Waals surface area contributed by atoms with Crippen molar-refractivity contribution in [2.24, 2.45) is 13.0 Å². The first-order valence-electron chi connectivity index (χ1n) is 11.1. The highest BCUT2D eigenvalue weighted by molar-refractivity contribution is 7.19. The Hall–Kier alpha value is -3.43. The lowest BCUT2D eigenvalue weighted by Crippen LogP contribution is -2.38. The number of aromatic nitrogens is 2. The Balaban J connectivity index is 1.95. The number of hydrogen-bond acceptors (Lipinski definition) is 6. The van der Waals surface area contributed by atoms with Crippen LogP contribution in [0, 0.1) is 5.92 Å². The molecule has 0 aliphatic rings. The van der Waals surface area contributed by atoms with Crippen LogP contribution >= 0.6 is 11.3 Å². The number of fused-ring (bicyclic) bond motifs is 2. The van der Waals surface area contributed by atoms with Crippen molar-refractivity contribution in [3.05, 3.63) is 73.7 Å². The van der Waals surface area contributed by atoms with E-state index >= 15 is 0 Å². The minimum Gasteiger partial charge on any atom is -0.447 e. The number of carbonyl (C=O) groups excluding carboxylic acids is 1. The Morgan fingerprint density at radius 2 is 1.88 bits per heavy atom. The van der Waals surface area contributed by atoms with Crippen molar-refractivity contribution in [2.45, 2.75) is 26.8 Å². The van der Waals surface area contributed by atoms with E-state index in [0.717, 1.165) is 25.8 Å². The number of ether oxygens (including phenoxy) is 1. The molecule has 9 heteroatoms. The highest BCUT2D eigenvalue weighted by atomic mass is 32.1. The molecule has 2 aromatic carbocycles. The number of benzene rings is 2. The molecule has 0 fully saturated rings. The summed E-state index contributed by atoms with van der Waals surface area (Å²) in [6.45, 7) is 3.96. The summed E-state index contributed by atoms with van der Waals surface area (Å²) >= 11 is 1.33. The first-order chi connectivity index (χ1) is 16.3. The molecule has 4 aromatic rings. The number of rotatable bonds is 7. The number of aliphatic hydroxyl groups is 1. The van der Waals surface area contributed by atoms with Gasteiger partial charge in [-0.05, 0) is 22.3 Å². The van der Waals surface area contributed by atoms with Gasteiger partial charge < -0.3 is 9.84 Å². The van der Waals surface area contributed by atoms with Crippen LogP contribution in [0.25, 0.3) is 21.0 Å². The van der Waals surface area contributed by atoms with Gasteiger partial charge in [0.1, 0.15) is 11.4 Å². The van der Waals surface area contributed by atoms with Gasteiger partial charge in [-0.1, -0.05) is 56.3 Å². The maximum Gasteiger partial charge on any atom is 0.411 e. The van der Waals surface area contributed by atoms with Crippen LogP contribution in [0.15, 0.2) is 52.1 Å². The SMILES string of the molecule is CC(C)Cn1c(=O)n(C)c(=O)c2c(NC(=O)OCCO)c(Cc3cccc4ccccc34)sc21. The lowest BCUT2D eigenvalue weighted by atomic mass is 10.0. The van der Waals surface area contributed by atoms with Crippen molar-refractivity contribution >= 4 is 44.1 Å². The molecule has 178 valence electrons. The summed E-state index contributed by atoms with van der Waals surface area (Å²) in [7, 11) is 1.44. The summed E-state index contributed by atoms with van der Waals surface area (Å²) in [4.78, 5) is 39.9. The molecule has 2 heterocycles. The maximum absolute atomic E-state index is 13.2. The van der Waals surface area contributed by atoms with Gasteiger partial charge in [0.2, 0.25) is 0 Å². The molecule has 34 heavy (non-hydrogen) atoms. The minimum atomic E-state index is -0.767. The van der Waals surface area contributed by atoms with E-state index in [1.165, 1.54) is 18.4 Å². The topological polar surface area (TPSA) is 103 Å². The second-order valence-electron chi connectivity index (χ2n) is 8.53. The number of thiophene rings is 1. The number of carbonyl (C=O) groups is 1. The molecule has 4 rings (SSSR count). The van der Waals surface area contributed by atoms with E-state index in [4.69, 9.17) is 9.84 Å². The minimum absolute atomic E-state index is 0.164. The third kappa shape index (κ3) is 4.49. The average Bonchev–Trinajstić information content (AvgIpc) is 3.16. The van der Waals surface area contributed by atoms with E-state index in [-0.39, 0.29) is 24.5 Å². The Bertz CT molecular complexity index is 1480. The molecular weight excluding hydrogens is 454 g/mol. The quantitative estimate of drug-likeness (QED) is 0.419. The third-order valence-corrected chi connectivity index (χ3v) is 6.79. The molecule has 0 saturated carbocycles. The lowest BCUT2D eigenvalue weighted by molar-refractivity contribution is 0.131. The van der Waals surface area contributed by atoms with E-state index in [2.05, 4.69) is 5.32 Å². The molecular formula is C25H27N3O5S. The Kier molecular flexibility index (Phi) is 6.85. The fourth-order valence-electron chi connectivity index (χ4n) is 4.06. The molecule has 0 spiro atoms. The molecule has 0 aliphatic carbocycles. The normalized spacial score (nSPS) is 11.4. The van der Waals surface area contributed by atoms with Crippen LogP contribution in [0.1, 0.15) is 24.3 Å². The van der Waals surface area contributed by atoms with Crippen molar-refractivity contribution in [3.63, 3.8) is 0 Å². The van der Waals surface area contributed by atoms with Crippen LogP contribution in [-0.4, -0.2) is 33.5 Å². The predicted octanol–water partition coefficient (Wildman–Crippen LogP) is 3.70. The number of amides is 1. The van der Waals surface area contributed by atoms with E-state index in [9.17, 15) is 14.4 Å². The molecule has 0 bridgehead atoms. The zero-order valence-electron chi connectivity index (χ0n) is 19.3. The predicted molar refractivity (Wildman–Crippen MR) is 135 cm³/mol. The molecule has 0 saturated heterocycles. The fourth-order valence-corrected chi connectivity index (χ4v) is 5.33. The van der Waals surface area contributed by atoms with Gasteiger partial charge in [-0.15, -0.1) is 11.3 Å². The van der Waals surface area contributed by atoms with Gasteiger partial charge in [0.25, 0.3) is 5.56 Å². The van der Waals surface area contributed by atoms with Gasteiger partial charge in [0, 0.05) is 24.9 Å². The Morgan fingerprint density at radius 1 is 1.15 bits per heavy atom. The monoisotopic (exact) mass is 481 g/mol. The van der Waals surface area contributed by atoms with Gasteiger partial charge in [-0.25, -0.2) is 9.59 Å². The van der Waals surface area contributed by atoms with E-state index < -0.39 is 17.3 Å². The maximum atomic E-state index is 13.2. The Morgan fingerprint density at radius 3 is 2.62 bits per heavy atom. The van der Waals surface area contributed by atoms with E-state index in [1.54, 1.807) is 4.57 Å². The van der Waals surface area contributed by atoms with Crippen LogP contribution in [0.5, 0.6) is 0 Å². The number of nitrogens with zero attached hydrogens (tertiary/aromatic N) is 2. The standard InChI is InChI=1S/C25H27N3O5S/c1-15(2)14-28-23-20(22(30)27(3)25(28)32)21(26-24(31)33-12-11-29)19(34-23)13-17-9-6-8-16-7-4-5-10-18(16)17/h4-10,15,29H,11-14H2,1-3H3,(H,26,31). The largest absolute Gasteiger partial charge is 0.447 e. The highest BCUT2D eigenvalue weighted by Gasteiger charge is 2.23. The fraction of sp³-hybridized carbons (Fsp3) is 0.320. The average molecular weight is 482 g/mol. The molecule has 0 aliphatic heterocycles. The number of hydrogen-bond donors (Lipinski definition) is 2. The lowest BCUT2D eigenvalue weighted by Gasteiger charge is -2.12. The Labute approximate surface area is 200 Å². The molecule has 1 amide bonds. The zero-order valence-corrected chi connectivity index (χ0v) is 20.1. The van der Waals surface area contributed by atoms with Gasteiger partial charge >= 0.3 is 11.8 Å². The number of nitrogens with one attached hydrogen (secondary N) is 1. The summed E-state index contributed by atoms with van der Waals surface area (Å²) in [5.74, 6) is 0.174. The van der Waals surface area contributed by atoms with Gasteiger partial charge in [0.05, 0.1) is 17.7 Å². The molecule has 2 aromatic heterocycles. The zero-order chi connectivity index (χ0) is 24.4. The number of anilines is 1. The van der Waals surface area contributed by atoms with Crippen molar-refractivity contribution in [1.29, 1.82) is 0 Å². The summed E-state index contributed by atoms with van der Waals surface area (Å²) in [6.07, 6.45) is -0.313. The van der Waals surface area contributed by atoms with Crippen LogP contribution in [0.4, 0.5) is 10.5 Å². The van der Waals surface area contributed by atoms with Crippen LogP contribution < -0.4 is 16.6 Å². The first-order valence-corrected chi connectivity index (χ1v) is 11.9. The van der Waals surface area contributed by atoms with Crippen molar-refractivity contribution in [3.8, 4) is 0 Å². The molecule has 0 radical (unpaired) electrons. The summed E-state index contributed by atoms with van der Waals surface area (Å²) in [5, 5.41) is 14.2. The second kappa shape index (κ2) is 9.82. The molecule has 0 unspecified atom stereocenters. The summed E-state index contributed by atoms with van der Waals surface area (Å²) < 4.78 is 7.68. The highest BCUT2D eigenvalue weighted by Crippen LogP contribution is 2.36. The van der Waals surface area contributed by atoms with Crippen LogP contribution in [0.2, 0.25) is 0 Å². The third-order valence-electron chi connectivity index (χ3n) is 5.57. The summed E-state index contributed by atoms with van der Waals surface area (Å²) in [6, 6.07) is 14.0. The summed E-state index contributed by atoms with van der Waals surface area (Å²) in [5.41, 5.74) is 0.511. The van der Waals surface area contributed by atoms with Crippen molar-refractivity contribution in [1.82, 2.24) is 9.13 Å². The second-order valence-corrected chi connectivity index (χ2v) is 9.61. The van der Waals surface area contributed by atoms with Crippen LogP contribution in [-0.2, 0) is 24.8 Å². The van der Waals surface area contributed by atoms with E-state index in [0.29, 0.717) is 23.5 Å². The molecule has 2 N–H and O–H groups in total. The van der Waals surface area contributed by atoms with Gasteiger partial charge in [0.15, 0.2) is 0 Å². The first kappa shape index (κ1) is 23.7. The van der Waals surface area contributed by atoms with Gasteiger partial charge in [-0.2, -0.15) is 0 Å². The number of aliphatic hydroxyl groups excluding tert-OH is 1.